The summed E-state index contributed by atoms with van der Waals surface area (Å²) in [7, 11) is 0. The topological polar surface area (TPSA) is 42.7 Å². The van der Waals surface area contributed by atoms with Crippen LogP contribution in [0, 0.1) is 0 Å². The van der Waals surface area contributed by atoms with Gasteiger partial charge in [0.15, 0.2) is 0 Å². The number of nitrogens with zero attached hydrogens (tertiary/aromatic N) is 3. The van der Waals surface area contributed by atoms with Crippen LogP contribution in [0.15, 0.2) is 30.6 Å². The fourth-order valence-electron chi connectivity index (χ4n) is 1.92. The lowest BCUT2D eigenvalue weighted by atomic mass is 10.1. The minimum Gasteiger partial charge on any atom is -0.310 e. The van der Waals surface area contributed by atoms with Crippen LogP contribution in [-0.2, 0) is 13.0 Å². The molecule has 0 saturated heterocycles. The molecule has 1 N–H and O–H groups in total. The van der Waals surface area contributed by atoms with Gasteiger partial charge in [-0.25, -0.2) is 9.67 Å². The summed E-state index contributed by atoms with van der Waals surface area (Å²) >= 11 is 5.85. The zero-order chi connectivity index (χ0) is 13.7. The molecule has 0 atom stereocenters. The molecule has 1 aromatic carbocycles. The zero-order valence-corrected chi connectivity index (χ0v) is 12.1. The second-order valence-electron chi connectivity index (χ2n) is 4.77. The van der Waals surface area contributed by atoms with Gasteiger partial charge in [0.05, 0.1) is 6.54 Å². The van der Waals surface area contributed by atoms with Crippen LogP contribution in [0.3, 0.4) is 0 Å². The van der Waals surface area contributed by atoms with Gasteiger partial charge in [-0.1, -0.05) is 23.7 Å². The fourth-order valence-corrected chi connectivity index (χ4v) is 2.04. The highest BCUT2D eigenvalue weighted by Gasteiger charge is 2.06. The second-order valence-corrected chi connectivity index (χ2v) is 5.20. The van der Waals surface area contributed by atoms with Gasteiger partial charge in [-0.3, -0.25) is 0 Å². The van der Waals surface area contributed by atoms with E-state index in [1.54, 1.807) is 6.33 Å². The molecule has 0 saturated carbocycles. The van der Waals surface area contributed by atoms with Gasteiger partial charge in [0.25, 0.3) is 0 Å². The summed E-state index contributed by atoms with van der Waals surface area (Å²) in [5.74, 6) is 0.978. The monoisotopic (exact) mass is 278 g/mol. The maximum Gasteiger partial charge on any atom is 0.141 e. The lowest BCUT2D eigenvalue weighted by molar-refractivity contribution is 0.490. The highest BCUT2D eigenvalue weighted by atomic mass is 35.5. The highest BCUT2D eigenvalue weighted by Crippen LogP contribution is 2.09. The normalized spacial score (nSPS) is 11.2. The molecule has 0 aliphatic heterocycles. The molecule has 0 aliphatic rings. The first kappa shape index (κ1) is 14.0. The lowest BCUT2D eigenvalue weighted by Crippen LogP contribution is -2.20. The zero-order valence-electron chi connectivity index (χ0n) is 11.3. The number of halogens is 1. The molecule has 2 aromatic rings. The Kier molecular flexibility index (Phi) is 4.93. The first-order valence-corrected chi connectivity index (χ1v) is 6.88. The SMILES string of the molecule is CC(C)n1ncnc1CNCCc1ccc(Cl)cc1. The molecule has 102 valence electrons. The Balaban J connectivity index is 1.77. The molecule has 0 radical (unpaired) electrons. The van der Waals surface area contributed by atoms with Gasteiger partial charge < -0.3 is 5.32 Å². The first-order chi connectivity index (χ1) is 9.16. The molecule has 0 aliphatic carbocycles. The number of benzene rings is 1. The third-order valence-electron chi connectivity index (χ3n) is 2.92. The van der Waals surface area contributed by atoms with Crippen molar-refractivity contribution < 1.29 is 0 Å². The fraction of sp³-hybridized carbons (Fsp3) is 0.429. The van der Waals surface area contributed by atoms with Crippen LogP contribution in [0.4, 0.5) is 0 Å². The Bertz CT molecular complexity index is 504. The average Bonchev–Trinajstić information content (AvgIpc) is 2.85. The van der Waals surface area contributed by atoms with Gasteiger partial charge in [0.2, 0.25) is 0 Å². The van der Waals surface area contributed by atoms with E-state index in [0.717, 1.165) is 30.4 Å². The Hall–Kier alpha value is -1.39. The molecule has 1 heterocycles. The van der Waals surface area contributed by atoms with Crippen molar-refractivity contribution in [3.8, 4) is 0 Å². The van der Waals surface area contributed by atoms with Crippen LogP contribution < -0.4 is 5.32 Å². The summed E-state index contributed by atoms with van der Waals surface area (Å²) in [5.41, 5.74) is 1.28. The van der Waals surface area contributed by atoms with E-state index in [-0.39, 0.29) is 0 Å². The first-order valence-electron chi connectivity index (χ1n) is 6.50. The number of nitrogens with one attached hydrogen (secondary N) is 1. The van der Waals surface area contributed by atoms with E-state index in [1.807, 2.05) is 16.8 Å². The number of hydrogen-bond acceptors (Lipinski definition) is 3. The predicted octanol–water partition coefficient (Wildman–Crippen LogP) is 2.84. The second kappa shape index (κ2) is 6.68. The minimum atomic E-state index is 0.343. The molecule has 0 amide bonds. The van der Waals surface area contributed by atoms with Crippen molar-refractivity contribution in [2.24, 2.45) is 0 Å². The maximum absolute atomic E-state index is 5.85. The molecule has 0 unspecified atom stereocenters. The third-order valence-corrected chi connectivity index (χ3v) is 3.18. The molecule has 1 aromatic heterocycles. The highest BCUT2D eigenvalue weighted by molar-refractivity contribution is 6.30. The van der Waals surface area contributed by atoms with E-state index in [4.69, 9.17) is 11.6 Å². The van der Waals surface area contributed by atoms with Crippen molar-refractivity contribution in [3.05, 3.63) is 47.0 Å². The van der Waals surface area contributed by atoms with Crippen LogP contribution in [-0.4, -0.2) is 21.3 Å². The van der Waals surface area contributed by atoms with E-state index in [0.29, 0.717) is 6.04 Å². The summed E-state index contributed by atoms with van der Waals surface area (Å²) in [6.07, 6.45) is 2.59. The summed E-state index contributed by atoms with van der Waals surface area (Å²) in [4.78, 5) is 4.27. The minimum absolute atomic E-state index is 0.343. The quantitative estimate of drug-likeness (QED) is 0.826. The molecule has 0 spiro atoms. The van der Waals surface area contributed by atoms with Crippen LogP contribution in [0.25, 0.3) is 0 Å². The Labute approximate surface area is 118 Å². The van der Waals surface area contributed by atoms with E-state index >= 15 is 0 Å². The van der Waals surface area contributed by atoms with Crippen LogP contribution in [0.2, 0.25) is 5.02 Å². The number of rotatable bonds is 6. The standard InChI is InChI=1S/C14H19ClN4/c1-11(2)19-14(17-10-18-19)9-16-8-7-12-3-5-13(15)6-4-12/h3-6,10-11,16H,7-9H2,1-2H3. The Morgan fingerprint density at radius 1 is 1.26 bits per heavy atom. The molecule has 19 heavy (non-hydrogen) atoms. The number of hydrogen-bond donors (Lipinski definition) is 1. The third kappa shape index (κ3) is 4.04. The summed E-state index contributed by atoms with van der Waals surface area (Å²) in [6.45, 7) is 5.86. The Morgan fingerprint density at radius 2 is 2.00 bits per heavy atom. The van der Waals surface area contributed by atoms with E-state index in [2.05, 4.69) is 41.4 Å². The van der Waals surface area contributed by atoms with Gasteiger partial charge in [0, 0.05) is 11.1 Å². The van der Waals surface area contributed by atoms with Gasteiger partial charge in [-0.2, -0.15) is 5.10 Å². The number of aromatic nitrogens is 3. The average molecular weight is 279 g/mol. The van der Waals surface area contributed by atoms with Crippen LogP contribution in [0.1, 0.15) is 31.3 Å². The van der Waals surface area contributed by atoms with Crippen molar-refractivity contribution in [3.63, 3.8) is 0 Å². The predicted molar refractivity (Wildman–Crippen MR) is 77.3 cm³/mol. The van der Waals surface area contributed by atoms with Gasteiger partial charge in [0.1, 0.15) is 12.2 Å². The summed E-state index contributed by atoms with van der Waals surface area (Å²) < 4.78 is 1.94. The van der Waals surface area contributed by atoms with Gasteiger partial charge >= 0.3 is 0 Å². The largest absolute Gasteiger partial charge is 0.310 e. The molecule has 2 rings (SSSR count). The van der Waals surface area contributed by atoms with Crippen molar-refractivity contribution in [1.82, 2.24) is 20.1 Å². The van der Waals surface area contributed by atoms with Gasteiger partial charge in [-0.15, -0.1) is 0 Å². The van der Waals surface area contributed by atoms with E-state index < -0.39 is 0 Å². The maximum atomic E-state index is 5.85. The van der Waals surface area contributed by atoms with Crippen LogP contribution >= 0.6 is 11.6 Å². The molecular formula is C14H19ClN4. The molecule has 4 nitrogen and oxygen atoms in total. The van der Waals surface area contributed by atoms with Gasteiger partial charge in [-0.05, 0) is 44.5 Å². The van der Waals surface area contributed by atoms with E-state index in [1.165, 1.54) is 5.56 Å². The summed E-state index contributed by atoms with van der Waals surface area (Å²) in [5, 5.41) is 8.38. The summed E-state index contributed by atoms with van der Waals surface area (Å²) in [6, 6.07) is 8.30. The Morgan fingerprint density at radius 3 is 2.68 bits per heavy atom. The molecule has 0 bridgehead atoms. The lowest BCUT2D eigenvalue weighted by Gasteiger charge is -2.10. The molecule has 0 fully saturated rings. The van der Waals surface area contributed by atoms with Crippen molar-refractivity contribution in [2.45, 2.75) is 32.9 Å². The molecular weight excluding hydrogens is 260 g/mol. The van der Waals surface area contributed by atoms with E-state index in [9.17, 15) is 0 Å². The smallest absolute Gasteiger partial charge is 0.141 e. The van der Waals surface area contributed by atoms with Crippen molar-refractivity contribution in [2.75, 3.05) is 6.54 Å². The van der Waals surface area contributed by atoms with Crippen molar-refractivity contribution >= 4 is 11.6 Å². The molecule has 5 heteroatoms. The van der Waals surface area contributed by atoms with Crippen molar-refractivity contribution in [1.29, 1.82) is 0 Å². The van der Waals surface area contributed by atoms with Crippen LogP contribution in [0.5, 0.6) is 0 Å².